The van der Waals surface area contributed by atoms with Gasteiger partial charge in [-0.2, -0.15) is 0 Å². The third kappa shape index (κ3) is 5.15. The minimum Gasteiger partial charge on any atom is -0.493 e. The summed E-state index contributed by atoms with van der Waals surface area (Å²) in [7, 11) is 1.51. The molecule has 1 aliphatic carbocycles. The van der Waals surface area contributed by atoms with Crippen molar-refractivity contribution in [2.24, 2.45) is 5.92 Å². The van der Waals surface area contributed by atoms with E-state index in [0.29, 0.717) is 36.0 Å². The molecule has 2 rings (SSSR count). The summed E-state index contributed by atoms with van der Waals surface area (Å²) in [6.07, 6.45) is 4.53. The van der Waals surface area contributed by atoms with Crippen molar-refractivity contribution < 1.29 is 24.2 Å². The fraction of sp³-hybridized carbons (Fsp3) is 0.556. The Hall–Kier alpha value is -2.24. The molecule has 0 bridgehead atoms. The summed E-state index contributed by atoms with van der Waals surface area (Å²) in [5, 5.41) is 11.8. The molecule has 0 saturated heterocycles. The number of carboxylic acid groups (broad SMARTS) is 1. The molecular weight excluding hydrogens is 310 g/mol. The minimum atomic E-state index is -0.998. The van der Waals surface area contributed by atoms with Crippen molar-refractivity contribution in [3.63, 3.8) is 0 Å². The predicted octanol–water partition coefficient (Wildman–Crippen LogP) is 2.86. The number of carbonyl (C=O) groups is 2. The van der Waals surface area contributed by atoms with Crippen LogP contribution in [0, 0.1) is 5.92 Å². The molecule has 1 unspecified atom stereocenters. The van der Waals surface area contributed by atoms with Crippen LogP contribution >= 0.6 is 0 Å². The number of ether oxygens (including phenoxy) is 2. The lowest BCUT2D eigenvalue weighted by molar-refractivity contribution is -0.139. The van der Waals surface area contributed by atoms with Crippen LogP contribution in [-0.2, 0) is 4.79 Å². The molecule has 6 nitrogen and oxygen atoms in total. The Morgan fingerprint density at radius 3 is 2.67 bits per heavy atom. The van der Waals surface area contributed by atoms with E-state index in [1.54, 1.807) is 18.2 Å². The van der Waals surface area contributed by atoms with E-state index in [1.807, 2.05) is 0 Å². The first-order valence-corrected chi connectivity index (χ1v) is 8.39. The fourth-order valence-electron chi connectivity index (χ4n) is 2.40. The van der Waals surface area contributed by atoms with E-state index in [0.717, 1.165) is 25.7 Å². The summed E-state index contributed by atoms with van der Waals surface area (Å²) in [4.78, 5) is 23.6. The van der Waals surface area contributed by atoms with Gasteiger partial charge in [-0.1, -0.05) is 26.2 Å². The van der Waals surface area contributed by atoms with Crippen LogP contribution in [0.25, 0.3) is 0 Å². The van der Waals surface area contributed by atoms with Crippen molar-refractivity contribution in [2.45, 2.75) is 45.1 Å². The molecule has 1 aliphatic rings. The minimum absolute atomic E-state index is 0.358. The second kappa shape index (κ2) is 8.57. The molecule has 1 amide bonds. The zero-order chi connectivity index (χ0) is 17.5. The van der Waals surface area contributed by atoms with Gasteiger partial charge in [0.05, 0.1) is 13.7 Å². The number of hydrogen-bond acceptors (Lipinski definition) is 4. The van der Waals surface area contributed by atoms with E-state index < -0.39 is 17.9 Å². The summed E-state index contributed by atoms with van der Waals surface area (Å²) in [5.41, 5.74) is 0.358. The van der Waals surface area contributed by atoms with Crippen LogP contribution in [0.5, 0.6) is 11.5 Å². The summed E-state index contributed by atoms with van der Waals surface area (Å²) >= 11 is 0. The average Bonchev–Trinajstić information content (AvgIpc) is 3.38. The Bertz CT molecular complexity index is 583. The number of carboxylic acids is 1. The standard InChI is InChI=1S/C18H25NO5/c1-3-4-9-24-15-8-7-13(11-16(15)23-2)17(20)19-14(18(21)22)10-12-5-6-12/h7-8,11-12,14H,3-6,9-10H2,1-2H3,(H,19,20)(H,21,22). The number of rotatable bonds is 10. The summed E-state index contributed by atoms with van der Waals surface area (Å²) in [6.45, 7) is 2.66. The molecule has 0 aromatic heterocycles. The maximum absolute atomic E-state index is 12.3. The lowest BCUT2D eigenvalue weighted by Crippen LogP contribution is -2.41. The van der Waals surface area contributed by atoms with Crippen LogP contribution in [0.3, 0.4) is 0 Å². The van der Waals surface area contributed by atoms with Gasteiger partial charge in [-0.25, -0.2) is 4.79 Å². The zero-order valence-electron chi connectivity index (χ0n) is 14.2. The molecule has 24 heavy (non-hydrogen) atoms. The van der Waals surface area contributed by atoms with Crippen molar-refractivity contribution in [1.29, 1.82) is 0 Å². The molecular formula is C18H25NO5. The maximum Gasteiger partial charge on any atom is 0.326 e. The summed E-state index contributed by atoms with van der Waals surface area (Å²) in [6, 6.07) is 4.03. The Kier molecular flexibility index (Phi) is 6.46. The van der Waals surface area contributed by atoms with Crippen LogP contribution in [-0.4, -0.2) is 36.7 Å². The van der Waals surface area contributed by atoms with Gasteiger partial charge < -0.3 is 19.9 Å². The highest BCUT2D eigenvalue weighted by Crippen LogP contribution is 2.33. The van der Waals surface area contributed by atoms with Crippen molar-refractivity contribution in [3.05, 3.63) is 23.8 Å². The van der Waals surface area contributed by atoms with Crippen LogP contribution in [0.2, 0.25) is 0 Å². The van der Waals surface area contributed by atoms with Crippen molar-refractivity contribution in [2.75, 3.05) is 13.7 Å². The van der Waals surface area contributed by atoms with E-state index in [4.69, 9.17) is 9.47 Å². The molecule has 132 valence electrons. The number of amides is 1. The van der Waals surface area contributed by atoms with E-state index in [2.05, 4.69) is 12.2 Å². The molecule has 1 aromatic rings. The van der Waals surface area contributed by atoms with Crippen molar-refractivity contribution >= 4 is 11.9 Å². The monoisotopic (exact) mass is 335 g/mol. The topological polar surface area (TPSA) is 84.9 Å². The maximum atomic E-state index is 12.3. The molecule has 0 radical (unpaired) electrons. The molecule has 1 atom stereocenters. The Morgan fingerprint density at radius 1 is 1.33 bits per heavy atom. The second-order valence-corrected chi connectivity index (χ2v) is 6.11. The molecule has 2 N–H and O–H groups in total. The largest absolute Gasteiger partial charge is 0.493 e. The Balaban J connectivity index is 2.03. The van der Waals surface area contributed by atoms with E-state index in [9.17, 15) is 14.7 Å². The highest BCUT2D eigenvalue weighted by Gasteiger charge is 2.30. The van der Waals surface area contributed by atoms with Crippen molar-refractivity contribution in [1.82, 2.24) is 5.32 Å². The quantitative estimate of drug-likeness (QED) is 0.642. The number of unbranched alkanes of at least 4 members (excludes halogenated alkanes) is 1. The van der Waals surface area contributed by atoms with Gasteiger partial charge >= 0.3 is 5.97 Å². The van der Waals surface area contributed by atoms with Crippen LogP contribution in [0.4, 0.5) is 0 Å². The van der Waals surface area contributed by atoms with Gasteiger partial charge in [0.25, 0.3) is 5.91 Å². The first-order chi connectivity index (χ1) is 11.5. The number of methoxy groups -OCH3 is 1. The Morgan fingerprint density at radius 2 is 2.08 bits per heavy atom. The van der Waals surface area contributed by atoms with Crippen LogP contribution < -0.4 is 14.8 Å². The molecule has 0 spiro atoms. The Labute approximate surface area is 142 Å². The van der Waals surface area contributed by atoms with E-state index in [-0.39, 0.29) is 0 Å². The third-order valence-corrected chi connectivity index (χ3v) is 4.05. The highest BCUT2D eigenvalue weighted by molar-refractivity contribution is 5.97. The average molecular weight is 335 g/mol. The van der Waals surface area contributed by atoms with Gasteiger partial charge in [-0.3, -0.25) is 4.79 Å². The highest BCUT2D eigenvalue weighted by atomic mass is 16.5. The zero-order valence-corrected chi connectivity index (χ0v) is 14.2. The number of carbonyl (C=O) groups excluding carboxylic acids is 1. The summed E-state index contributed by atoms with van der Waals surface area (Å²) < 4.78 is 10.9. The van der Waals surface area contributed by atoms with Gasteiger partial charge in [0.15, 0.2) is 11.5 Å². The molecule has 1 fully saturated rings. The van der Waals surface area contributed by atoms with Gasteiger partial charge in [-0.15, -0.1) is 0 Å². The van der Waals surface area contributed by atoms with Gasteiger partial charge in [-0.05, 0) is 37.0 Å². The third-order valence-electron chi connectivity index (χ3n) is 4.05. The lowest BCUT2D eigenvalue weighted by atomic mass is 10.1. The van der Waals surface area contributed by atoms with E-state index in [1.165, 1.54) is 7.11 Å². The van der Waals surface area contributed by atoms with Crippen LogP contribution in [0.15, 0.2) is 18.2 Å². The molecule has 0 aliphatic heterocycles. The van der Waals surface area contributed by atoms with Crippen molar-refractivity contribution in [3.8, 4) is 11.5 Å². The normalized spacial score (nSPS) is 14.8. The first kappa shape index (κ1) is 18.1. The second-order valence-electron chi connectivity index (χ2n) is 6.11. The number of benzene rings is 1. The van der Waals surface area contributed by atoms with E-state index >= 15 is 0 Å². The molecule has 1 aromatic carbocycles. The molecule has 6 heteroatoms. The lowest BCUT2D eigenvalue weighted by Gasteiger charge is -2.15. The fourth-order valence-corrected chi connectivity index (χ4v) is 2.40. The number of hydrogen-bond donors (Lipinski definition) is 2. The summed E-state index contributed by atoms with van der Waals surface area (Å²) in [5.74, 6) is 0.0431. The number of nitrogens with one attached hydrogen (secondary N) is 1. The number of aliphatic carboxylic acids is 1. The first-order valence-electron chi connectivity index (χ1n) is 8.39. The van der Waals surface area contributed by atoms with Gasteiger partial charge in [0.2, 0.25) is 0 Å². The smallest absolute Gasteiger partial charge is 0.326 e. The predicted molar refractivity (Wildman–Crippen MR) is 89.6 cm³/mol. The van der Waals surface area contributed by atoms with Gasteiger partial charge in [0, 0.05) is 5.56 Å². The SMILES string of the molecule is CCCCOc1ccc(C(=O)NC(CC2CC2)C(=O)O)cc1OC. The molecule has 0 heterocycles. The van der Waals surface area contributed by atoms with Gasteiger partial charge in [0.1, 0.15) is 6.04 Å². The molecule has 1 saturated carbocycles. The van der Waals surface area contributed by atoms with Crippen LogP contribution in [0.1, 0.15) is 49.4 Å².